The van der Waals surface area contributed by atoms with Crippen LogP contribution in [0.15, 0.2) is 35.2 Å². The molecular weight excluding hydrogens is 203 g/mol. The van der Waals surface area contributed by atoms with Crippen molar-refractivity contribution in [3.63, 3.8) is 0 Å². The van der Waals surface area contributed by atoms with E-state index in [1.807, 2.05) is 0 Å². The largest absolute Gasteiger partial charge is 1.00 e. The molecule has 0 heterocycles. The number of sulfonamides is 1. The van der Waals surface area contributed by atoms with Crippen LogP contribution in [0.25, 0.3) is 0 Å². The van der Waals surface area contributed by atoms with Crippen molar-refractivity contribution in [1.82, 2.24) is 4.83 Å². The predicted molar refractivity (Wildman–Crippen MR) is 42.1 cm³/mol. The van der Waals surface area contributed by atoms with Crippen LogP contribution in [-0.2, 0) is 10.0 Å². The van der Waals surface area contributed by atoms with Crippen LogP contribution in [0, 0.1) is 0 Å². The molecule has 6 heteroatoms. The number of hydrogen-bond donors (Lipinski definition) is 2. The Hall–Kier alpha value is 0.726. The van der Waals surface area contributed by atoms with Gasteiger partial charge in [-0.15, -0.1) is 0 Å². The van der Waals surface area contributed by atoms with E-state index in [1.54, 1.807) is 23.0 Å². The van der Waals surface area contributed by atoms with Gasteiger partial charge in [0, 0.05) is 0 Å². The van der Waals surface area contributed by atoms with Crippen molar-refractivity contribution >= 4 is 10.0 Å². The first kappa shape index (κ1) is 12.7. The normalized spacial score (nSPS) is 10.4. The average molecular weight is 212 g/mol. The molecule has 0 aromatic heterocycles. The predicted octanol–water partition coefficient (Wildman–Crippen LogP) is -3.04. The Labute approximate surface area is 115 Å². The van der Waals surface area contributed by atoms with Crippen LogP contribution in [0.4, 0.5) is 0 Å². The van der Waals surface area contributed by atoms with Crippen molar-refractivity contribution in [1.29, 1.82) is 0 Å². The van der Waals surface area contributed by atoms with Crippen molar-refractivity contribution in [3.05, 3.63) is 30.3 Å². The summed E-state index contributed by atoms with van der Waals surface area (Å²) < 4.78 is 21.9. The zero-order valence-corrected chi connectivity index (χ0v) is 10.6. The summed E-state index contributed by atoms with van der Waals surface area (Å²) in [5.41, 5.74) is 0. The third kappa shape index (κ3) is 3.23. The average Bonchev–Trinajstić information content (AvgIpc) is 2.06. The van der Waals surface area contributed by atoms with Crippen molar-refractivity contribution in [2.24, 2.45) is 5.84 Å². The molecule has 1 rings (SSSR count). The fraction of sp³-hybridized carbons (Fsp3) is 0. The number of rotatable bonds is 2. The molecule has 0 bridgehead atoms. The third-order valence-corrected chi connectivity index (χ3v) is 2.41. The maximum Gasteiger partial charge on any atom is 1.00 e. The monoisotopic (exact) mass is 212 g/mol. The van der Waals surface area contributed by atoms with E-state index >= 15 is 0 Å². The number of nitrogens with one attached hydrogen (secondary N) is 1. The molecule has 4 nitrogen and oxygen atoms in total. The number of benzene rings is 1. The Balaban J connectivity index is 0. The van der Waals surface area contributed by atoms with Crippen LogP contribution in [-0.4, -0.2) is 8.42 Å². The second-order valence-electron chi connectivity index (χ2n) is 1.93. The zero-order chi connectivity index (χ0) is 8.32. The second-order valence-corrected chi connectivity index (χ2v) is 3.65. The summed E-state index contributed by atoms with van der Waals surface area (Å²) in [6.07, 6.45) is 0. The molecule has 0 fully saturated rings. The molecule has 12 heavy (non-hydrogen) atoms. The smallest absolute Gasteiger partial charge is 1.00 e. The fourth-order valence-corrected chi connectivity index (χ4v) is 1.32. The van der Waals surface area contributed by atoms with Crippen LogP contribution < -0.4 is 62.1 Å². The molecule has 0 atom stereocenters. The molecule has 0 radical (unpaired) electrons. The van der Waals surface area contributed by atoms with E-state index in [0.717, 1.165) is 0 Å². The van der Waals surface area contributed by atoms with E-state index in [2.05, 4.69) is 0 Å². The van der Waals surface area contributed by atoms with Crippen LogP contribution in [0.5, 0.6) is 0 Å². The van der Waals surface area contributed by atoms with Crippen molar-refractivity contribution in [2.45, 2.75) is 4.90 Å². The summed E-state index contributed by atoms with van der Waals surface area (Å²) in [5, 5.41) is 0. The topological polar surface area (TPSA) is 72.2 Å². The maximum atomic E-state index is 11.0. The van der Waals surface area contributed by atoms with Crippen LogP contribution in [0.1, 0.15) is 1.43 Å². The summed E-state index contributed by atoms with van der Waals surface area (Å²) in [4.78, 5) is 1.90. The van der Waals surface area contributed by atoms with Crippen molar-refractivity contribution in [3.8, 4) is 0 Å². The Morgan fingerprint density at radius 1 is 1.25 bits per heavy atom. The van der Waals surface area contributed by atoms with Crippen molar-refractivity contribution in [2.75, 3.05) is 0 Å². The maximum absolute atomic E-state index is 11.0. The summed E-state index contributed by atoms with van der Waals surface area (Å²) in [7, 11) is -3.47. The molecule has 0 unspecified atom stereocenters. The molecule has 62 valence electrons. The van der Waals surface area contributed by atoms with Gasteiger partial charge in [0.25, 0.3) is 10.0 Å². The molecule has 1 aromatic carbocycles. The first-order valence-corrected chi connectivity index (χ1v) is 4.42. The van der Waals surface area contributed by atoms with Gasteiger partial charge in [0.1, 0.15) is 0 Å². The molecule has 1 aromatic rings. The third-order valence-electron chi connectivity index (χ3n) is 1.21. The minimum absolute atomic E-state index is 0. The summed E-state index contributed by atoms with van der Waals surface area (Å²) in [6.45, 7) is 0. The number of hydrogen-bond acceptors (Lipinski definition) is 3. The summed E-state index contributed by atoms with van der Waals surface area (Å²) in [5.74, 6) is 4.80. The second kappa shape index (κ2) is 5.46. The van der Waals surface area contributed by atoms with E-state index in [9.17, 15) is 8.42 Å². The zero-order valence-electron chi connectivity index (χ0n) is 7.69. The van der Waals surface area contributed by atoms with E-state index < -0.39 is 10.0 Å². The van der Waals surface area contributed by atoms with E-state index in [-0.39, 0.29) is 57.7 Å². The summed E-state index contributed by atoms with van der Waals surface area (Å²) in [6, 6.07) is 7.92. The first-order valence-electron chi connectivity index (χ1n) is 2.94. The van der Waals surface area contributed by atoms with E-state index in [1.165, 1.54) is 12.1 Å². The Kier molecular flexibility index (Phi) is 5.79. The first-order chi connectivity index (χ1) is 5.17. The molecule has 0 saturated heterocycles. The van der Waals surface area contributed by atoms with Gasteiger partial charge in [-0.2, -0.15) is 4.83 Å². The van der Waals surface area contributed by atoms with Crippen LogP contribution in [0.2, 0.25) is 0 Å². The van der Waals surface area contributed by atoms with Gasteiger partial charge in [-0.1, -0.05) is 18.2 Å². The minimum Gasteiger partial charge on any atom is -1.00 e. The Bertz CT molecular complexity index is 330. The van der Waals surface area contributed by atoms with Gasteiger partial charge in [-0.3, -0.25) is 5.84 Å². The Morgan fingerprint density at radius 2 is 1.75 bits per heavy atom. The molecule has 0 spiro atoms. The molecule has 0 aliphatic heterocycles. The van der Waals surface area contributed by atoms with Gasteiger partial charge in [0.2, 0.25) is 0 Å². The standard InChI is InChI=1S/C6H8N2O2S.K.H/c7-8-11(9,10)6-4-2-1-3-5-6;;/h1-5,8H,7H2;;/q;+1;-1. The molecule has 0 aliphatic carbocycles. The molecule has 3 N–H and O–H groups in total. The van der Waals surface area contributed by atoms with Gasteiger partial charge in [-0.25, -0.2) is 8.42 Å². The SMILES string of the molecule is NNS(=O)(=O)c1ccccc1.[H-].[K+]. The molecule has 0 amide bonds. The van der Waals surface area contributed by atoms with Gasteiger partial charge < -0.3 is 1.43 Å². The van der Waals surface area contributed by atoms with E-state index in [0.29, 0.717) is 0 Å². The van der Waals surface area contributed by atoms with Crippen LogP contribution >= 0.6 is 0 Å². The molecule has 0 aliphatic rings. The molecule has 0 saturated carbocycles. The minimum atomic E-state index is -3.47. The van der Waals surface area contributed by atoms with Gasteiger partial charge >= 0.3 is 51.4 Å². The number of nitrogens with two attached hydrogens (primary N) is 1. The van der Waals surface area contributed by atoms with Gasteiger partial charge in [0.15, 0.2) is 0 Å². The summed E-state index contributed by atoms with van der Waals surface area (Å²) >= 11 is 0. The fourth-order valence-electron chi connectivity index (χ4n) is 0.668. The number of hydrazine groups is 1. The van der Waals surface area contributed by atoms with Crippen LogP contribution in [0.3, 0.4) is 0 Å². The van der Waals surface area contributed by atoms with Gasteiger partial charge in [-0.05, 0) is 12.1 Å². The van der Waals surface area contributed by atoms with Gasteiger partial charge in [0.05, 0.1) is 4.90 Å². The van der Waals surface area contributed by atoms with E-state index in [4.69, 9.17) is 5.84 Å². The van der Waals surface area contributed by atoms with Crippen molar-refractivity contribution < 1.29 is 61.2 Å². The quantitative estimate of drug-likeness (QED) is 0.311. The molecular formula is C6H9KN2O2S. The Morgan fingerprint density at radius 3 is 2.17 bits per heavy atom.